The fourth-order valence-electron chi connectivity index (χ4n) is 2.11. The third-order valence-corrected chi connectivity index (χ3v) is 2.94. The first-order chi connectivity index (χ1) is 7.55. The van der Waals surface area contributed by atoms with Crippen LogP contribution in [0.25, 0.3) is 0 Å². The lowest BCUT2D eigenvalue weighted by atomic mass is 9.66. The molecule has 0 saturated heterocycles. The van der Waals surface area contributed by atoms with Crippen LogP contribution in [0.4, 0.5) is 8.63 Å². The molecule has 0 N–H and O–H groups in total. The first-order valence-electron chi connectivity index (χ1n) is 5.97. The van der Waals surface area contributed by atoms with Gasteiger partial charge in [-0.15, -0.1) is 0 Å². The van der Waals surface area contributed by atoms with Crippen molar-refractivity contribution in [3.05, 3.63) is 29.3 Å². The topological polar surface area (TPSA) is 0 Å². The zero-order chi connectivity index (χ0) is 13.4. The van der Waals surface area contributed by atoms with Gasteiger partial charge in [-0.05, 0) is 27.4 Å². The van der Waals surface area contributed by atoms with Gasteiger partial charge >= 0.3 is 7.27 Å². The summed E-state index contributed by atoms with van der Waals surface area (Å²) >= 11 is 0. The maximum atomic E-state index is 13.3. The standard InChI is InChI=1S/C14H21BF2/c1-13(2,3)10-8-7-9-11(14(4,5)6)12(10)15(16)17/h7-9H,1-6H3. The molecule has 94 valence electrons. The Balaban J connectivity index is 3.55. The van der Waals surface area contributed by atoms with E-state index in [9.17, 15) is 8.63 Å². The van der Waals surface area contributed by atoms with Gasteiger partial charge in [-0.3, -0.25) is 8.63 Å². The van der Waals surface area contributed by atoms with Crippen molar-refractivity contribution in [2.45, 2.75) is 52.4 Å². The molecule has 0 bridgehead atoms. The molecule has 1 aromatic carbocycles. The maximum Gasteiger partial charge on any atom is 0.572 e. The number of halogens is 2. The molecule has 0 nitrogen and oxygen atoms in total. The van der Waals surface area contributed by atoms with E-state index in [0.29, 0.717) is 0 Å². The van der Waals surface area contributed by atoms with E-state index in [-0.39, 0.29) is 16.3 Å². The molecule has 0 aliphatic carbocycles. The Morgan fingerprint density at radius 3 is 1.41 bits per heavy atom. The highest BCUT2D eigenvalue weighted by molar-refractivity contribution is 6.61. The highest BCUT2D eigenvalue weighted by Gasteiger charge is 2.32. The van der Waals surface area contributed by atoms with Crippen LogP contribution in [0.1, 0.15) is 52.7 Å². The number of hydrogen-bond donors (Lipinski definition) is 0. The van der Waals surface area contributed by atoms with E-state index in [1.165, 1.54) is 0 Å². The maximum absolute atomic E-state index is 13.3. The predicted molar refractivity (Wildman–Crippen MR) is 71.4 cm³/mol. The van der Waals surface area contributed by atoms with Crippen molar-refractivity contribution in [1.29, 1.82) is 0 Å². The minimum atomic E-state index is -2.42. The summed E-state index contributed by atoms with van der Waals surface area (Å²) in [7, 11) is -2.42. The van der Waals surface area contributed by atoms with Crippen LogP contribution in [0.5, 0.6) is 0 Å². The van der Waals surface area contributed by atoms with Crippen molar-refractivity contribution in [2.24, 2.45) is 0 Å². The van der Waals surface area contributed by atoms with E-state index in [1.54, 1.807) is 0 Å². The lowest BCUT2D eigenvalue weighted by Gasteiger charge is -2.29. The first kappa shape index (κ1) is 14.2. The van der Waals surface area contributed by atoms with Crippen LogP contribution in [-0.2, 0) is 10.8 Å². The van der Waals surface area contributed by atoms with E-state index < -0.39 is 7.27 Å². The van der Waals surface area contributed by atoms with E-state index in [2.05, 4.69) is 0 Å². The van der Waals surface area contributed by atoms with Crippen molar-refractivity contribution in [3.8, 4) is 0 Å². The normalized spacial score (nSPS) is 12.7. The van der Waals surface area contributed by atoms with Gasteiger partial charge in [0, 0.05) is 0 Å². The quantitative estimate of drug-likeness (QED) is 0.650. The molecule has 0 atom stereocenters. The SMILES string of the molecule is CC(C)(C)c1cccc(C(C)(C)C)c1B(F)F. The van der Waals surface area contributed by atoms with Crippen molar-refractivity contribution >= 4 is 12.7 Å². The van der Waals surface area contributed by atoms with Crippen molar-refractivity contribution in [2.75, 3.05) is 0 Å². The average Bonchev–Trinajstić information content (AvgIpc) is 2.13. The molecule has 0 unspecified atom stereocenters. The summed E-state index contributed by atoms with van der Waals surface area (Å²) in [6, 6.07) is 5.51. The lowest BCUT2D eigenvalue weighted by molar-refractivity contribution is 0.568. The fraction of sp³-hybridized carbons (Fsp3) is 0.571. The van der Waals surface area contributed by atoms with Gasteiger partial charge in [0.2, 0.25) is 0 Å². The number of rotatable bonds is 1. The van der Waals surface area contributed by atoms with Crippen molar-refractivity contribution in [1.82, 2.24) is 0 Å². The Morgan fingerprint density at radius 1 is 0.824 bits per heavy atom. The molecule has 0 aromatic heterocycles. The van der Waals surface area contributed by atoms with Crippen LogP contribution in [0, 0.1) is 0 Å². The zero-order valence-electron chi connectivity index (χ0n) is 11.6. The average molecular weight is 238 g/mol. The van der Waals surface area contributed by atoms with Gasteiger partial charge in [0.1, 0.15) is 0 Å². The van der Waals surface area contributed by atoms with Crippen molar-refractivity contribution in [3.63, 3.8) is 0 Å². The monoisotopic (exact) mass is 238 g/mol. The zero-order valence-corrected chi connectivity index (χ0v) is 11.6. The summed E-state index contributed by atoms with van der Waals surface area (Å²) in [4.78, 5) is 0. The van der Waals surface area contributed by atoms with Gasteiger partial charge in [-0.1, -0.05) is 59.7 Å². The molecule has 3 heteroatoms. The van der Waals surface area contributed by atoms with Gasteiger partial charge in [0.25, 0.3) is 0 Å². The van der Waals surface area contributed by atoms with Crippen LogP contribution in [0.15, 0.2) is 18.2 Å². The number of hydrogen-bond acceptors (Lipinski definition) is 0. The van der Waals surface area contributed by atoms with E-state index in [0.717, 1.165) is 11.1 Å². The van der Waals surface area contributed by atoms with Crippen molar-refractivity contribution < 1.29 is 8.63 Å². The largest absolute Gasteiger partial charge is 0.572 e. The van der Waals surface area contributed by atoms with Gasteiger partial charge < -0.3 is 0 Å². The minimum Gasteiger partial charge on any atom is -0.281 e. The molecule has 0 aliphatic rings. The second-order valence-corrected chi connectivity index (χ2v) is 6.57. The molecule has 17 heavy (non-hydrogen) atoms. The molecule has 0 amide bonds. The second kappa shape index (κ2) is 4.43. The molecule has 0 aliphatic heterocycles. The van der Waals surface area contributed by atoms with Gasteiger partial charge in [-0.2, -0.15) is 0 Å². The minimum absolute atomic E-state index is 0.215. The van der Waals surface area contributed by atoms with E-state index in [1.807, 2.05) is 59.7 Å². The van der Waals surface area contributed by atoms with E-state index in [4.69, 9.17) is 0 Å². The van der Waals surface area contributed by atoms with Crippen LogP contribution < -0.4 is 5.46 Å². The third kappa shape index (κ3) is 3.08. The molecule has 0 saturated carbocycles. The van der Waals surface area contributed by atoms with Crippen LogP contribution >= 0.6 is 0 Å². The van der Waals surface area contributed by atoms with Gasteiger partial charge in [0.05, 0.1) is 0 Å². The van der Waals surface area contributed by atoms with Crippen LogP contribution in [-0.4, -0.2) is 7.27 Å². The molecule has 0 spiro atoms. The Hall–Kier alpha value is -0.855. The predicted octanol–water partition coefficient (Wildman–Crippen LogP) is 3.92. The highest BCUT2D eigenvalue weighted by Crippen LogP contribution is 2.27. The van der Waals surface area contributed by atoms with Gasteiger partial charge in [-0.25, -0.2) is 0 Å². The molecule has 0 heterocycles. The summed E-state index contributed by atoms with van der Waals surface area (Å²) in [5.74, 6) is 0. The summed E-state index contributed by atoms with van der Waals surface area (Å²) in [5, 5.41) is 0. The summed E-state index contributed by atoms with van der Waals surface area (Å²) in [6.07, 6.45) is 0. The summed E-state index contributed by atoms with van der Waals surface area (Å²) in [5.41, 5.74) is 1.20. The molecular weight excluding hydrogens is 217 g/mol. The Bertz CT molecular complexity index is 365. The Morgan fingerprint density at radius 2 is 1.18 bits per heavy atom. The smallest absolute Gasteiger partial charge is 0.281 e. The Kier molecular flexibility index (Phi) is 3.70. The van der Waals surface area contributed by atoms with Gasteiger partial charge in [0.15, 0.2) is 0 Å². The molecule has 1 aromatic rings. The highest BCUT2D eigenvalue weighted by atomic mass is 19.2. The third-order valence-electron chi connectivity index (χ3n) is 2.94. The number of benzene rings is 1. The second-order valence-electron chi connectivity index (χ2n) is 6.57. The first-order valence-corrected chi connectivity index (χ1v) is 5.97. The van der Waals surface area contributed by atoms with Crippen LogP contribution in [0.3, 0.4) is 0 Å². The lowest BCUT2D eigenvalue weighted by Crippen LogP contribution is -2.38. The molecule has 1 rings (SSSR count). The molecule has 0 fully saturated rings. The van der Waals surface area contributed by atoms with Crippen LogP contribution in [0.2, 0.25) is 0 Å². The summed E-state index contributed by atoms with van der Waals surface area (Å²) < 4.78 is 26.7. The fourth-order valence-corrected chi connectivity index (χ4v) is 2.11. The Labute approximate surface area is 104 Å². The molecule has 0 radical (unpaired) electrons. The van der Waals surface area contributed by atoms with E-state index >= 15 is 0 Å². The molecular formula is C14H21BF2. The summed E-state index contributed by atoms with van der Waals surface area (Å²) in [6.45, 7) is 11.8.